The summed E-state index contributed by atoms with van der Waals surface area (Å²) < 4.78 is 11.0. The molecular formula is C15H25NO2. The monoisotopic (exact) mass is 251 g/mol. The van der Waals surface area contributed by atoms with Gasteiger partial charge in [-0.15, -0.1) is 0 Å². The molecule has 1 aromatic rings. The van der Waals surface area contributed by atoms with E-state index in [9.17, 15) is 0 Å². The lowest BCUT2D eigenvalue weighted by Crippen LogP contribution is -2.23. The summed E-state index contributed by atoms with van der Waals surface area (Å²) in [5, 5.41) is 3.43. The first-order chi connectivity index (χ1) is 8.69. The van der Waals surface area contributed by atoms with E-state index >= 15 is 0 Å². The van der Waals surface area contributed by atoms with Crippen LogP contribution >= 0.6 is 0 Å². The molecule has 0 saturated carbocycles. The second-order valence-corrected chi connectivity index (χ2v) is 4.54. The van der Waals surface area contributed by atoms with Crippen molar-refractivity contribution in [1.29, 1.82) is 0 Å². The van der Waals surface area contributed by atoms with Crippen molar-refractivity contribution in [3.05, 3.63) is 29.8 Å². The maximum absolute atomic E-state index is 5.95. The Balaban J connectivity index is 2.68. The minimum absolute atomic E-state index is 0.248. The molecule has 0 aliphatic rings. The Bertz CT molecular complexity index is 341. The van der Waals surface area contributed by atoms with E-state index in [0.29, 0.717) is 0 Å². The third kappa shape index (κ3) is 4.67. The van der Waals surface area contributed by atoms with E-state index < -0.39 is 0 Å². The van der Waals surface area contributed by atoms with Crippen molar-refractivity contribution in [2.45, 2.75) is 39.3 Å². The van der Waals surface area contributed by atoms with E-state index in [2.05, 4.69) is 32.2 Å². The molecule has 0 saturated heterocycles. The third-order valence-corrected chi connectivity index (χ3v) is 3.05. The first-order valence-corrected chi connectivity index (χ1v) is 6.67. The van der Waals surface area contributed by atoms with E-state index in [0.717, 1.165) is 25.3 Å². The normalized spacial score (nSPS) is 14.2. The molecule has 0 radical (unpaired) electrons. The highest BCUT2D eigenvalue weighted by Crippen LogP contribution is 2.25. The van der Waals surface area contributed by atoms with Gasteiger partial charge in [-0.25, -0.2) is 0 Å². The molecule has 3 nitrogen and oxygen atoms in total. The fraction of sp³-hybridized carbons (Fsp3) is 0.600. The average molecular weight is 251 g/mol. The largest absolute Gasteiger partial charge is 0.490 e. The van der Waals surface area contributed by atoms with Crippen LogP contribution in [0.4, 0.5) is 0 Å². The minimum Gasteiger partial charge on any atom is -0.490 e. The van der Waals surface area contributed by atoms with Crippen molar-refractivity contribution < 1.29 is 9.47 Å². The Labute approximate surface area is 110 Å². The van der Waals surface area contributed by atoms with Gasteiger partial charge in [0.15, 0.2) is 0 Å². The van der Waals surface area contributed by atoms with E-state index in [1.807, 2.05) is 18.2 Å². The van der Waals surface area contributed by atoms with Crippen LogP contribution in [-0.2, 0) is 4.74 Å². The molecule has 1 aromatic carbocycles. The first-order valence-electron chi connectivity index (χ1n) is 6.67. The van der Waals surface area contributed by atoms with Crippen molar-refractivity contribution in [3.63, 3.8) is 0 Å². The smallest absolute Gasteiger partial charge is 0.124 e. The molecule has 1 N–H and O–H groups in total. The number of hydrogen-bond acceptors (Lipinski definition) is 3. The van der Waals surface area contributed by atoms with Gasteiger partial charge in [0.05, 0.1) is 12.7 Å². The number of methoxy groups -OCH3 is 1. The number of benzene rings is 1. The number of hydrogen-bond donors (Lipinski definition) is 1. The Hall–Kier alpha value is -1.06. The van der Waals surface area contributed by atoms with Crippen LogP contribution in [0.5, 0.6) is 5.75 Å². The molecule has 1 rings (SSSR count). The lowest BCUT2D eigenvalue weighted by atomic mass is 10.1. The lowest BCUT2D eigenvalue weighted by Gasteiger charge is -2.20. The molecule has 0 heterocycles. The standard InChI is InChI=1S/C15H25NO2/c1-5-12(2)18-15-9-7-6-8-14(15)13(3)16-10-11-17-4/h6-9,12-13,16H,5,10-11H2,1-4H3/t12-,13-/m0/s1. The van der Waals surface area contributed by atoms with Gasteiger partial charge in [-0.05, 0) is 26.3 Å². The summed E-state index contributed by atoms with van der Waals surface area (Å²) in [6.45, 7) is 7.94. The van der Waals surface area contributed by atoms with Crippen molar-refractivity contribution >= 4 is 0 Å². The fourth-order valence-electron chi connectivity index (χ4n) is 1.73. The Morgan fingerprint density at radius 3 is 2.61 bits per heavy atom. The predicted octanol–water partition coefficient (Wildman–Crippen LogP) is 3.16. The molecule has 18 heavy (non-hydrogen) atoms. The summed E-state index contributed by atoms with van der Waals surface area (Å²) in [7, 11) is 1.71. The zero-order chi connectivity index (χ0) is 13.4. The predicted molar refractivity (Wildman–Crippen MR) is 75.1 cm³/mol. The molecule has 102 valence electrons. The number of nitrogens with one attached hydrogen (secondary N) is 1. The summed E-state index contributed by atoms with van der Waals surface area (Å²) in [4.78, 5) is 0. The molecule has 0 fully saturated rings. The van der Waals surface area contributed by atoms with Gasteiger partial charge in [0.2, 0.25) is 0 Å². The Morgan fingerprint density at radius 2 is 1.94 bits per heavy atom. The van der Waals surface area contributed by atoms with E-state index in [1.165, 1.54) is 5.56 Å². The zero-order valence-electron chi connectivity index (χ0n) is 11.9. The van der Waals surface area contributed by atoms with Crippen molar-refractivity contribution in [1.82, 2.24) is 5.32 Å². The topological polar surface area (TPSA) is 30.5 Å². The quantitative estimate of drug-likeness (QED) is 0.720. The summed E-state index contributed by atoms with van der Waals surface area (Å²) in [6, 6.07) is 8.48. The van der Waals surface area contributed by atoms with Crippen LogP contribution in [0.1, 0.15) is 38.8 Å². The molecule has 0 unspecified atom stereocenters. The van der Waals surface area contributed by atoms with Crippen LogP contribution in [0.15, 0.2) is 24.3 Å². The molecule has 0 aliphatic carbocycles. The molecule has 0 aromatic heterocycles. The van der Waals surface area contributed by atoms with Crippen molar-refractivity contribution in [2.75, 3.05) is 20.3 Å². The Morgan fingerprint density at radius 1 is 1.22 bits per heavy atom. The average Bonchev–Trinajstić information content (AvgIpc) is 2.39. The van der Waals surface area contributed by atoms with E-state index in [4.69, 9.17) is 9.47 Å². The molecule has 2 atom stereocenters. The molecule has 0 spiro atoms. The highest BCUT2D eigenvalue weighted by atomic mass is 16.5. The highest BCUT2D eigenvalue weighted by molar-refractivity contribution is 5.35. The zero-order valence-corrected chi connectivity index (χ0v) is 11.9. The van der Waals surface area contributed by atoms with E-state index in [1.54, 1.807) is 7.11 Å². The maximum Gasteiger partial charge on any atom is 0.124 e. The van der Waals surface area contributed by atoms with Gasteiger partial charge >= 0.3 is 0 Å². The highest BCUT2D eigenvalue weighted by Gasteiger charge is 2.12. The third-order valence-electron chi connectivity index (χ3n) is 3.05. The first kappa shape index (κ1) is 15.0. The van der Waals surface area contributed by atoms with Crippen molar-refractivity contribution in [3.8, 4) is 5.75 Å². The van der Waals surface area contributed by atoms with Gasteiger partial charge in [-0.1, -0.05) is 25.1 Å². The van der Waals surface area contributed by atoms with Crippen LogP contribution in [0.2, 0.25) is 0 Å². The van der Waals surface area contributed by atoms with Crippen molar-refractivity contribution in [2.24, 2.45) is 0 Å². The molecule has 3 heteroatoms. The summed E-state index contributed by atoms with van der Waals surface area (Å²) in [6.07, 6.45) is 1.26. The SMILES string of the molecule is CC[C@H](C)Oc1ccccc1[C@H](C)NCCOC. The molecule has 0 bridgehead atoms. The fourth-order valence-corrected chi connectivity index (χ4v) is 1.73. The number of para-hydroxylation sites is 1. The van der Waals surface area contributed by atoms with Crippen LogP contribution < -0.4 is 10.1 Å². The van der Waals surface area contributed by atoms with Gasteiger partial charge in [0.25, 0.3) is 0 Å². The van der Waals surface area contributed by atoms with Gasteiger partial charge in [-0.3, -0.25) is 0 Å². The minimum atomic E-state index is 0.248. The van der Waals surface area contributed by atoms with Gasteiger partial charge in [0.1, 0.15) is 5.75 Å². The van der Waals surface area contributed by atoms with Gasteiger partial charge < -0.3 is 14.8 Å². The molecular weight excluding hydrogens is 226 g/mol. The van der Waals surface area contributed by atoms with Crippen LogP contribution in [0.3, 0.4) is 0 Å². The summed E-state index contributed by atoms with van der Waals surface area (Å²) in [5.41, 5.74) is 1.20. The number of rotatable bonds is 8. The van der Waals surface area contributed by atoms with Gasteiger partial charge in [0, 0.05) is 25.3 Å². The van der Waals surface area contributed by atoms with Crippen LogP contribution in [-0.4, -0.2) is 26.4 Å². The Kier molecular flexibility index (Phi) is 6.76. The lowest BCUT2D eigenvalue weighted by molar-refractivity contribution is 0.194. The second kappa shape index (κ2) is 8.11. The van der Waals surface area contributed by atoms with E-state index in [-0.39, 0.29) is 12.1 Å². The van der Waals surface area contributed by atoms with Crippen LogP contribution in [0, 0.1) is 0 Å². The summed E-state index contributed by atoms with van der Waals surface area (Å²) >= 11 is 0. The maximum atomic E-state index is 5.95. The summed E-state index contributed by atoms with van der Waals surface area (Å²) in [5.74, 6) is 0.976. The second-order valence-electron chi connectivity index (χ2n) is 4.54. The molecule has 0 aliphatic heterocycles. The molecule has 0 amide bonds. The number of ether oxygens (including phenoxy) is 2. The van der Waals surface area contributed by atoms with Gasteiger partial charge in [-0.2, -0.15) is 0 Å². The van der Waals surface area contributed by atoms with Crippen LogP contribution in [0.25, 0.3) is 0 Å².